The summed E-state index contributed by atoms with van der Waals surface area (Å²) >= 11 is 0. The Bertz CT molecular complexity index is 1010. The van der Waals surface area contributed by atoms with Crippen LogP contribution in [0.1, 0.15) is 22.4 Å². The molecule has 0 amide bonds. The maximum atomic E-state index is 12.8. The van der Waals surface area contributed by atoms with E-state index in [1.165, 1.54) is 12.1 Å². The Hall–Kier alpha value is -3.00. The molecule has 1 aliphatic rings. The molecular weight excluding hydrogens is 391 g/mol. The summed E-state index contributed by atoms with van der Waals surface area (Å²) in [5, 5.41) is 0. The molecule has 30 heavy (non-hydrogen) atoms. The van der Waals surface area contributed by atoms with Crippen molar-refractivity contribution in [1.82, 2.24) is 19.9 Å². The Labute approximate surface area is 173 Å². The number of alkyl halides is 3. The van der Waals surface area contributed by atoms with Crippen LogP contribution in [0.3, 0.4) is 0 Å². The van der Waals surface area contributed by atoms with Gasteiger partial charge in [0.05, 0.1) is 11.3 Å². The Morgan fingerprint density at radius 3 is 2.40 bits per heavy atom. The zero-order valence-corrected chi connectivity index (χ0v) is 16.8. The minimum atomic E-state index is -4.35. The van der Waals surface area contributed by atoms with Gasteiger partial charge in [0.2, 0.25) is 0 Å². The number of hydrogen-bond acceptors (Lipinski definition) is 5. The molecule has 8 heteroatoms. The molecule has 0 atom stereocenters. The Balaban J connectivity index is 1.45. The van der Waals surface area contributed by atoms with Crippen molar-refractivity contribution >= 4 is 5.82 Å². The third-order valence-corrected chi connectivity index (χ3v) is 5.16. The molecule has 156 valence electrons. The lowest BCUT2D eigenvalue weighted by Gasteiger charge is -2.28. The third kappa shape index (κ3) is 4.43. The van der Waals surface area contributed by atoms with E-state index >= 15 is 0 Å². The lowest BCUT2D eigenvalue weighted by atomic mass is 10.1. The fourth-order valence-electron chi connectivity index (χ4n) is 3.49. The fourth-order valence-corrected chi connectivity index (χ4v) is 3.49. The number of fused-ring (bicyclic) bond motifs is 1. The number of pyridine rings is 1. The van der Waals surface area contributed by atoms with E-state index in [1.54, 1.807) is 6.20 Å². The number of rotatable bonds is 4. The standard InChI is InChI=1S/C22H22F3N5/c1-29(2)20-8-3-15(11-26-20)13-30-10-9-19-17(14-30)12-27-21(28-19)16-4-6-18(7-5-16)22(23,24)25/h3-8,11-12H,9-10,13-14H2,1-2H3. The van der Waals surface area contributed by atoms with Gasteiger partial charge in [-0.1, -0.05) is 18.2 Å². The van der Waals surface area contributed by atoms with Crippen molar-refractivity contribution in [1.29, 1.82) is 0 Å². The molecule has 0 spiro atoms. The molecule has 1 aromatic carbocycles. The zero-order chi connectivity index (χ0) is 21.3. The predicted molar refractivity (Wildman–Crippen MR) is 109 cm³/mol. The second kappa shape index (κ2) is 8.02. The van der Waals surface area contributed by atoms with Crippen LogP contribution < -0.4 is 4.90 Å². The summed E-state index contributed by atoms with van der Waals surface area (Å²) in [5.74, 6) is 1.38. The summed E-state index contributed by atoms with van der Waals surface area (Å²) in [6.45, 7) is 2.38. The van der Waals surface area contributed by atoms with E-state index < -0.39 is 11.7 Å². The molecule has 0 saturated carbocycles. The van der Waals surface area contributed by atoms with Gasteiger partial charge in [0.25, 0.3) is 0 Å². The molecule has 1 aliphatic heterocycles. The van der Waals surface area contributed by atoms with Gasteiger partial charge < -0.3 is 4.90 Å². The highest BCUT2D eigenvalue weighted by Gasteiger charge is 2.30. The third-order valence-electron chi connectivity index (χ3n) is 5.16. The lowest BCUT2D eigenvalue weighted by Crippen LogP contribution is -2.31. The van der Waals surface area contributed by atoms with Crippen LogP contribution in [0.25, 0.3) is 11.4 Å². The van der Waals surface area contributed by atoms with Crippen LogP contribution in [0, 0.1) is 0 Å². The average molecular weight is 413 g/mol. The maximum absolute atomic E-state index is 12.8. The number of halogens is 3. The summed E-state index contributed by atoms with van der Waals surface area (Å²) in [6.07, 6.45) is 0.111. The first kappa shape index (κ1) is 20.3. The minimum Gasteiger partial charge on any atom is -0.363 e. The van der Waals surface area contributed by atoms with E-state index in [0.29, 0.717) is 11.4 Å². The molecule has 0 saturated heterocycles. The van der Waals surface area contributed by atoms with Gasteiger partial charge in [-0.25, -0.2) is 15.0 Å². The first-order valence-electron chi connectivity index (χ1n) is 9.66. The van der Waals surface area contributed by atoms with Gasteiger partial charge in [0.15, 0.2) is 5.82 Å². The van der Waals surface area contributed by atoms with Gasteiger partial charge in [-0.05, 0) is 23.8 Å². The molecule has 0 aliphatic carbocycles. The zero-order valence-electron chi connectivity index (χ0n) is 16.8. The number of nitrogens with zero attached hydrogens (tertiary/aromatic N) is 5. The van der Waals surface area contributed by atoms with Crippen molar-refractivity contribution in [2.45, 2.75) is 25.7 Å². The predicted octanol–water partition coefficient (Wildman–Crippen LogP) is 4.18. The summed E-state index contributed by atoms with van der Waals surface area (Å²) in [5.41, 5.74) is 3.06. The van der Waals surface area contributed by atoms with Gasteiger partial charge in [0, 0.05) is 63.7 Å². The quantitative estimate of drug-likeness (QED) is 0.642. The summed E-state index contributed by atoms with van der Waals surface area (Å²) in [4.78, 5) is 17.7. The molecule has 0 radical (unpaired) electrons. The summed E-state index contributed by atoms with van der Waals surface area (Å²) < 4.78 is 38.3. The van der Waals surface area contributed by atoms with Gasteiger partial charge >= 0.3 is 6.18 Å². The van der Waals surface area contributed by atoms with E-state index in [0.717, 1.165) is 60.8 Å². The van der Waals surface area contributed by atoms with E-state index in [-0.39, 0.29) is 0 Å². The number of benzene rings is 1. The van der Waals surface area contributed by atoms with Crippen LogP contribution in [0.2, 0.25) is 0 Å². The number of anilines is 1. The number of hydrogen-bond donors (Lipinski definition) is 0. The fraction of sp³-hybridized carbons (Fsp3) is 0.318. The van der Waals surface area contributed by atoms with E-state index in [9.17, 15) is 13.2 Å². The monoisotopic (exact) mass is 413 g/mol. The van der Waals surface area contributed by atoms with Crippen LogP contribution in [0.15, 0.2) is 48.8 Å². The van der Waals surface area contributed by atoms with Crippen LogP contribution in [-0.2, 0) is 25.7 Å². The second-order valence-corrected chi connectivity index (χ2v) is 7.62. The normalized spacial score (nSPS) is 14.4. The molecule has 5 nitrogen and oxygen atoms in total. The molecule has 2 aromatic heterocycles. The molecule has 3 aromatic rings. The first-order valence-corrected chi connectivity index (χ1v) is 9.66. The topological polar surface area (TPSA) is 45.2 Å². The summed E-state index contributed by atoms with van der Waals surface area (Å²) in [7, 11) is 3.92. The Kier molecular flexibility index (Phi) is 5.42. The second-order valence-electron chi connectivity index (χ2n) is 7.62. The minimum absolute atomic E-state index is 0.458. The maximum Gasteiger partial charge on any atom is 0.416 e. The highest BCUT2D eigenvalue weighted by molar-refractivity contribution is 5.56. The van der Waals surface area contributed by atoms with Crippen LogP contribution in [0.5, 0.6) is 0 Å². The van der Waals surface area contributed by atoms with Crippen molar-refractivity contribution in [2.24, 2.45) is 0 Å². The highest BCUT2D eigenvalue weighted by atomic mass is 19.4. The molecule has 0 fully saturated rings. The van der Waals surface area contributed by atoms with Gasteiger partial charge in [-0.15, -0.1) is 0 Å². The van der Waals surface area contributed by atoms with Crippen LogP contribution in [0.4, 0.5) is 19.0 Å². The largest absolute Gasteiger partial charge is 0.416 e. The molecule has 3 heterocycles. The van der Waals surface area contributed by atoms with Crippen molar-refractivity contribution < 1.29 is 13.2 Å². The van der Waals surface area contributed by atoms with Crippen molar-refractivity contribution in [2.75, 3.05) is 25.5 Å². The Morgan fingerprint density at radius 1 is 1.00 bits per heavy atom. The molecule has 0 bridgehead atoms. The SMILES string of the molecule is CN(C)c1ccc(CN2CCc3nc(-c4ccc(C(F)(F)F)cc4)ncc3C2)cn1. The number of aromatic nitrogens is 3. The Morgan fingerprint density at radius 2 is 1.77 bits per heavy atom. The van der Waals surface area contributed by atoms with Crippen LogP contribution in [-0.4, -0.2) is 40.5 Å². The van der Waals surface area contributed by atoms with Gasteiger partial charge in [-0.2, -0.15) is 13.2 Å². The van der Waals surface area contributed by atoms with E-state index in [4.69, 9.17) is 0 Å². The smallest absolute Gasteiger partial charge is 0.363 e. The molecule has 0 unspecified atom stereocenters. The summed E-state index contributed by atoms with van der Waals surface area (Å²) in [6, 6.07) is 9.06. The average Bonchev–Trinajstić information content (AvgIpc) is 2.73. The molecule has 4 rings (SSSR count). The lowest BCUT2D eigenvalue weighted by molar-refractivity contribution is -0.137. The molecule has 0 N–H and O–H groups in total. The van der Waals surface area contributed by atoms with Gasteiger partial charge in [0.1, 0.15) is 5.82 Å². The van der Waals surface area contributed by atoms with Crippen molar-refractivity contribution in [3.8, 4) is 11.4 Å². The molecular formula is C22H22F3N5. The first-order chi connectivity index (χ1) is 14.3. The van der Waals surface area contributed by atoms with Crippen molar-refractivity contribution in [3.63, 3.8) is 0 Å². The van der Waals surface area contributed by atoms with Crippen molar-refractivity contribution in [3.05, 3.63) is 71.2 Å². The van der Waals surface area contributed by atoms with E-state index in [2.05, 4.69) is 25.9 Å². The highest BCUT2D eigenvalue weighted by Crippen LogP contribution is 2.30. The van der Waals surface area contributed by atoms with Gasteiger partial charge in [-0.3, -0.25) is 4.90 Å². The van der Waals surface area contributed by atoms with Crippen LogP contribution >= 0.6 is 0 Å². The van der Waals surface area contributed by atoms with E-state index in [1.807, 2.05) is 31.3 Å².